The number of carbonyl (C=O) groups excluding carboxylic acids is 1. The van der Waals surface area contributed by atoms with Gasteiger partial charge in [0, 0.05) is 30.9 Å². The molecule has 1 aliphatic heterocycles. The number of carbonyl (C=O) groups is 1. The van der Waals surface area contributed by atoms with Gasteiger partial charge in [-0.1, -0.05) is 18.2 Å². The molecule has 0 spiro atoms. The number of benzene rings is 1. The molecule has 5 nitrogen and oxygen atoms in total. The van der Waals surface area contributed by atoms with Crippen molar-refractivity contribution in [3.05, 3.63) is 65.1 Å². The van der Waals surface area contributed by atoms with Gasteiger partial charge in [-0.15, -0.1) is 0 Å². The Balaban J connectivity index is 1.76. The zero-order valence-electron chi connectivity index (χ0n) is 16.8. The number of hydrogen-bond donors (Lipinski definition) is 0. The minimum atomic E-state index is -0.275. The van der Waals surface area contributed by atoms with Crippen LogP contribution < -0.4 is 0 Å². The zero-order valence-corrected chi connectivity index (χ0v) is 16.8. The van der Waals surface area contributed by atoms with Crippen molar-refractivity contribution < 1.29 is 9.53 Å². The van der Waals surface area contributed by atoms with Crippen molar-refractivity contribution in [2.75, 3.05) is 13.2 Å². The highest BCUT2D eigenvalue weighted by Gasteiger charge is 2.30. The highest BCUT2D eigenvalue weighted by atomic mass is 16.5. The van der Waals surface area contributed by atoms with Crippen molar-refractivity contribution in [2.24, 2.45) is 7.05 Å². The number of likely N-dealkylation sites (tertiary alicyclic amines) is 1. The highest BCUT2D eigenvalue weighted by Crippen LogP contribution is 2.34. The zero-order chi connectivity index (χ0) is 19.7. The van der Waals surface area contributed by atoms with E-state index >= 15 is 0 Å². The summed E-state index contributed by atoms with van der Waals surface area (Å²) in [6, 6.07) is 12.6. The van der Waals surface area contributed by atoms with Crippen molar-refractivity contribution >= 4 is 16.9 Å². The second-order valence-electron chi connectivity index (χ2n) is 7.47. The molecule has 0 amide bonds. The average molecular weight is 377 g/mol. The molecule has 3 heterocycles. The van der Waals surface area contributed by atoms with Gasteiger partial charge in [-0.3, -0.25) is 9.88 Å². The molecule has 0 saturated carbocycles. The van der Waals surface area contributed by atoms with Crippen LogP contribution in [0.25, 0.3) is 10.9 Å². The van der Waals surface area contributed by atoms with Crippen LogP contribution in [-0.2, 0) is 18.3 Å². The molecule has 1 atom stereocenters. The third-order valence-electron chi connectivity index (χ3n) is 5.75. The Morgan fingerprint density at radius 2 is 2.07 bits per heavy atom. The van der Waals surface area contributed by atoms with E-state index in [1.165, 1.54) is 5.69 Å². The van der Waals surface area contributed by atoms with E-state index in [4.69, 9.17) is 9.72 Å². The first-order valence-corrected chi connectivity index (χ1v) is 10.0. The van der Waals surface area contributed by atoms with Crippen LogP contribution in [0.1, 0.15) is 53.1 Å². The molecule has 3 aromatic rings. The molecule has 146 valence electrons. The Labute approximate surface area is 165 Å². The van der Waals surface area contributed by atoms with Gasteiger partial charge in [-0.2, -0.15) is 0 Å². The number of pyridine rings is 1. The third-order valence-corrected chi connectivity index (χ3v) is 5.75. The van der Waals surface area contributed by atoms with E-state index in [2.05, 4.69) is 34.8 Å². The van der Waals surface area contributed by atoms with Crippen LogP contribution in [0.3, 0.4) is 0 Å². The molecule has 28 heavy (non-hydrogen) atoms. The number of hydrogen-bond acceptors (Lipinski definition) is 4. The van der Waals surface area contributed by atoms with Crippen LogP contribution in [0.4, 0.5) is 0 Å². The molecule has 0 radical (unpaired) electrons. The molecule has 0 unspecified atom stereocenters. The Morgan fingerprint density at radius 3 is 2.82 bits per heavy atom. The van der Waals surface area contributed by atoms with E-state index in [1.807, 2.05) is 38.1 Å². The summed E-state index contributed by atoms with van der Waals surface area (Å²) in [5, 5.41) is 1.01. The largest absolute Gasteiger partial charge is 0.462 e. The van der Waals surface area contributed by atoms with Crippen molar-refractivity contribution in [2.45, 2.75) is 39.3 Å². The van der Waals surface area contributed by atoms with Crippen LogP contribution >= 0.6 is 0 Å². The van der Waals surface area contributed by atoms with Crippen LogP contribution in [0.2, 0.25) is 0 Å². The molecule has 1 aromatic carbocycles. The fourth-order valence-electron chi connectivity index (χ4n) is 4.39. The Hall–Kier alpha value is -2.66. The summed E-state index contributed by atoms with van der Waals surface area (Å²) in [6.07, 6.45) is 4.37. The minimum Gasteiger partial charge on any atom is -0.462 e. The molecule has 0 bridgehead atoms. The van der Waals surface area contributed by atoms with Gasteiger partial charge >= 0.3 is 5.97 Å². The molecule has 4 rings (SSSR count). The molecule has 2 aromatic heterocycles. The van der Waals surface area contributed by atoms with Crippen LogP contribution in [-0.4, -0.2) is 33.6 Å². The first-order valence-electron chi connectivity index (χ1n) is 10.0. The predicted octanol–water partition coefficient (Wildman–Crippen LogP) is 4.40. The molecule has 1 saturated heterocycles. The van der Waals surface area contributed by atoms with Crippen molar-refractivity contribution in [1.82, 2.24) is 14.5 Å². The van der Waals surface area contributed by atoms with Crippen molar-refractivity contribution in [3.63, 3.8) is 0 Å². The van der Waals surface area contributed by atoms with Gasteiger partial charge in [0.1, 0.15) is 0 Å². The highest BCUT2D eigenvalue weighted by molar-refractivity contribution is 5.98. The number of nitrogens with zero attached hydrogens (tertiary/aromatic N) is 3. The first kappa shape index (κ1) is 18.7. The smallest absolute Gasteiger partial charge is 0.340 e. The van der Waals surface area contributed by atoms with Gasteiger partial charge in [-0.05, 0) is 57.0 Å². The van der Waals surface area contributed by atoms with E-state index in [0.29, 0.717) is 24.8 Å². The van der Waals surface area contributed by atoms with E-state index in [1.54, 1.807) is 0 Å². The number of esters is 1. The summed E-state index contributed by atoms with van der Waals surface area (Å²) >= 11 is 0. The number of ether oxygens (including phenoxy) is 1. The van der Waals surface area contributed by atoms with Crippen LogP contribution in [0.15, 0.2) is 42.6 Å². The number of para-hydroxylation sites is 1. The molecule has 5 heteroatoms. The van der Waals surface area contributed by atoms with E-state index in [0.717, 1.165) is 41.5 Å². The Bertz CT molecular complexity index is 1010. The maximum atomic E-state index is 12.8. The van der Waals surface area contributed by atoms with Gasteiger partial charge in [0.15, 0.2) is 0 Å². The molecular weight excluding hydrogens is 350 g/mol. The van der Waals surface area contributed by atoms with Gasteiger partial charge in [0.05, 0.1) is 29.4 Å². The summed E-state index contributed by atoms with van der Waals surface area (Å²) < 4.78 is 7.57. The second-order valence-corrected chi connectivity index (χ2v) is 7.47. The average Bonchev–Trinajstić information content (AvgIpc) is 3.30. The molecular formula is C23H27N3O2. The summed E-state index contributed by atoms with van der Waals surface area (Å²) in [5.74, 6) is -0.275. The third kappa shape index (κ3) is 3.31. The first-order chi connectivity index (χ1) is 13.6. The maximum Gasteiger partial charge on any atom is 0.340 e. The summed E-state index contributed by atoms with van der Waals surface area (Å²) in [4.78, 5) is 20.1. The monoisotopic (exact) mass is 377 g/mol. The second kappa shape index (κ2) is 7.76. The molecule has 1 aliphatic rings. The maximum absolute atomic E-state index is 12.8. The lowest BCUT2D eigenvalue weighted by Crippen LogP contribution is -2.26. The number of fused-ring (bicyclic) bond motifs is 1. The number of rotatable bonds is 5. The minimum absolute atomic E-state index is 0.275. The van der Waals surface area contributed by atoms with E-state index in [-0.39, 0.29) is 5.97 Å². The van der Waals surface area contributed by atoms with E-state index in [9.17, 15) is 4.79 Å². The summed E-state index contributed by atoms with van der Waals surface area (Å²) in [6.45, 7) is 5.85. The van der Waals surface area contributed by atoms with Gasteiger partial charge in [0.25, 0.3) is 0 Å². The topological polar surface area (TPSA) is 47.4 Å². The van der Waals surface area contributed by atoms with Crippen LogP contribution in [0.5, 0.6) is 0 Å². The summed E-state index contributed by atoms with van der Waals surface area (Å²) in [7, 11) is 2.09. The van der Waals surface area contributed by atoms with Gasteiger partial charge in [0.2, 0.25) is 0 Å². The van der Waals surface area contributed by atoms with E-state index < -0.39 is 0 Å². The lowest BCUT2D eigenvalue weighted by Gasteiger charge is -2.26. The molecule has 0 aliphatic carbocycles. The molecule has 1 fully saturated rings. The summed E-state index contributed by atoms with van der Waals surface area (Å²) in [5.41, 5.74) is 4.63. The standard InChI is InChI=1S/C23H27N3O2/c1-4-28-23(27)22-16(2)17-9-5-6-10-18(17)24-19(22)15-26-14-8-12-21(26)20-11-7-13-25(20)3/h5-7,9-11,13,21H,4,8,12,14-15H2,1-3H3/t21-/m1/s1. The quantitative estimate of drug-likeness (QED) is 0.619. The SMILES string of the molecule is CCOC(=O)c1c(CN2CCC[C@@H]2c2cccn2C)nc2ccccc2c1C. The Morgan fingerprint density at radius 1 is 1.25 bits per heavy atom. The Kier molecular flexibility index (Phi) is 5.18. The van der Waals surface area contributed by atoms with Gasteiger partial charge < -0.3 is 9.30 Å². The van der Waals surface area contributed by atoms with Crippen molar-refractivity contribution in [1.29, 1.82) is 0 Å². The predicted molar refractivity (Wildman–Crippen MR) is 110 cm³/mol. The fourth-order valence-corrected chi connectivity index (χ4v) is 4.39. The molecule has 0 N–H and O–H groups in total. The lowest BCUT2D eigenvalue weighted by molar-refractivity contribution is 0.0522. The number of aromatic nitrogens is 2. The lowest BCUT2D eigenvalue weighted by atomic mass is 10.0. The fraction of sp³-hybridized carbons (Fsp3) is 0.391. The van der Waals surface area contributed by atoms with Crippen molar-refractivity contribution in [3.8, 4) is 0 Å². The van der Waals surface area contributed by atoms with Crippen LogP contribution in [0, 0.1) is 6.92 Å². The van der Waals surface area contributed by atoms with Gasteiger partial charge in [-0.25, -0.2) is 4.79 Å². The number of aryl methyl sites for hydroxylation is 2. The normalized spacial score (nSPS) is 17.3.